The Kier molecular flexibility index (Phi) is 8.11. The van der Waals surface area contributed by atoms with Crippen molar-refractivity contribution in [1.29, 1.82) is 5.26 Å². The molecular weight excluding hydrogens is 327 g/mol. The van der Waals surface area contributed by atoms with Crippen LogP contribution in [0, 0.1) is 11.3 Å². The minimum atomic E-state index is -2.71. The van der Waals surface area contributed by atoms with Crippen molar-refractivity contribution < 1.29 is 9.42 Å². The Hall–Kier alpha value is -1.54. The maximum atomic E-state index is 9.69. The highest BCUT2D eigenvalue weighted by Gasteiger charge is 2.14. The zero-order valence-electron chi connectivity index (χ0n) is 13.2. The van der Waals surface area contributed by atoms with E-state index in [4.69, 9.17) is 27.3 Å². The van der Waals surface area contributed by atoms with Crippen LogP contribution in [0.1, 0.15) is 31.0 Å². The van der Waals surface area contributed by atoms with Gasteiger partial charge in [-0.1, -0.05) is 30.3 Å². The van der Waals surface area contributed by atoms with Crippen molar-refractivity contribution in [2.24, 2.45) is 5.73 Å². The van der Waals surface area contributed by atoms with Crippen LogP contribution in [0.5, 0.6) is 0 Å². The van der Waals surface area contributed by atoms with E-state index in [0.29, 0.717) is 17.5 Å². The maximum Gasteiger partial charge on any atom is 0.216 e. The summed E-state index contributed by atoms with van der Waals surface area (Å²) in [5.74, 6) is 0. The van der Waals surface area contributed by atoms with Gasteiger partial charge in [0.2, 0.25) is 6.49 Å². The standard InChI is InChI=1S/C9H10N2.C8H11O2PS/c1-7(11)9-4-2-8(6-10)3-5-9;1-2-10-11(9,12)8-6-4-3-5-7-8/h2-5,7H,11H2,1H3;3-7H,2H2,1H3,(H,9,12). The fourth-order valence-electron chi connectivity index (χ4n) is 1.73. The maximum absolute atomic E-state index is 9.69. The molecule has 0 aliphatic rings. The molecule has 2 aromatic rings. The summed E-state index contributed by atoms with van der Waals surface area (Å²) >= 11 is 4.95. The predicted octanol–water partition coefficient (Wildman–Crippen LogP) is 3.23. The number of hydrogen-bond donors (Lipinski definition) is 2. The third-order valence-electron chi connectivity index (χ3n) is 2.95. The molecule has 2 rings (SSSR count). The third-order valence-corrected chi connectivity index (χ3v) is 5.46. The molecule has 0 radical (unpaired) electrons. The highest BCUT2D eigenvalue weighted by Crippen LogP contribution is 2.40. The van der Waals surface area contributed by atoms with Crippen LogP contribution < -0.4 is 11.0 Å². The first kappa shape index (κ1) is 19.5. The molecule has 4 nitrogen and oxygen atoms in total. The first-order valence-corrected chi connectivity index (χ1v) is 9.86. The van der Waals surface area contributed by atoms with Gasteiger partial charge >= 0.3 is 0 Å². The lowest BCUT2D eigenvalue weighted by Crippen LogP contribution is -2.05. The highest BCUT2D eigenvalue weighted by atomic mass is 32.5. The summed E-state index contributed by atoms with van der Waals surface area (Å²) in [4.78, 5) is 9.69. The van der Waals surface area contributed by atoms with Gasteiger partial charge in [0.05, 0.1) is 18.2 Å². The molecule has 0 fully saturated rings. The van der Waals surface area contributed by atoms with Crippen LogP contribution in [-0.4, -0.2) is 11.5 Å². The molecule has 0 heterocycles. The molecule has 122 valence electrons. The number of hydrogen-bond acceptors (Lipinski definition) is 4. The van der Waals surface area contributed by atoms with Gasteiger partial charge in [0, 0.05) is 11.3 Å². The van der Waals surface area contributed by atoms with E-state index in [1.807, 2.05) is 44.2 Å². The summed E-state index contributed by atoms with van der Waals surface area (Å²) in [5.41, 5.74) is 7.36. The van der Waals surface area contributed by atoms with Gasteiger partial charge in [-0.25, -0.2) is 0 Å². The van der Waals surface area contributed by atoms with Crippen LogP contribution >= 0.6 is 6.49 Å². The van der Waals surface area contributed by atoms with Crippen LogP contribution in [-0.2, 0) is 16.3 Å². The van der Waals surface area contributed by atoms with Crippen molar-refractivity contribution in [3.05, 3.63) is 65.7 Å². The molecule has 0 aromatic heterocycles. The average Bonchev–Trinajstić information content (AvgIpc) is 2.56. The van der Waals surface area contributed by atoms with E-state index in [0.717, 1.165) is 5.56 Å². The van der Waals surface area contributed by atoms with Crippen LogP contribution in [0.15, 0.2) is 54.6 Å². The van der Waals surface area contributed by atoms with E-state index < -0.39 is 6.49 Å². The Morgan fingerprint density at radius 2 is 1.78 bits per heavy atom. The van der Waals surface area contributed by atoms with E-state index in [1.54, 1.807) is 24.3 Å². The van der Waals surface area contributed by atoms with E-state index in [1.165, 1.54) is 0 Å². The van der Waals surface area contributed by atoms with Gasteiger partial charge in [0.1, 0.15) is 0 Å². The Morgan fingerprint density at radius 3 is 2.22 bits per heavy atom. The number of nitriles is 1. The summed E-state index contributed by atoms with van der Waals surface area (Å²) in [6.07, 6.45) is 0. The lowest BCUT2D eigenvalue weighted by atomic mass is 10.1. The molecule has 0 spiro atoms. The summed E-state index contributed by atoms with van der Waals surface area (Å²) in [6, 6.07) is 18.5. The Bertz CT molecular complexity index is 682. The zero-order valence-corrected chi connectivity index (χ0v) is 14.9. The first-order chi connectivity index (χ1) is 10.9. The van der Waals surface area contributed by atoms with Crippen LogP contribution in [0.2, 0.25) is 0 Å². The SMILES string of the molecule is CC(N)c1ccc(C#N)cc1.CCOP(O)(=S)c1ccccc1. The molecule has 2 unspecified atom stereocenters. The number of benzene rings is 2. The van der Waals surface area contributed by atoms with Crippen LogP contribution in [0.25, 0.3) is 0 Å². The highest BCUT2D eigenvalue weighted by molar-refractivity contribution is 8.13. The largest absolute Gasteiger partial charge is 0.342 e. The molecule has 23 heavy (non-hydrogen) atoms. The predicted molar refractivity (Wildman–Crippen MR) is 98.0 cm³/mol. The van der Waals surface area contributed by atoms with Gasteiger partial charge in [0.25, 0.3) is 0 Å². The third kappa shape index (κ3) is 6.62. The molecular formula is C17H21N2O2PS. The Balaban J connectivity index is 0.000000231. The number of rotatable bonds is 4. The van der Waals surface area contributed by atoms with Crippen molar-refractivity contribution in [3.8, 4) is 6.07 Å². The first-order valence-electron chi connectivity index (χ1n) is 7.19. The molecule has 0 bridgehead atoms. The smallest absolute Gasteiger partial charge is 0.216 e. The topological polar surface area (TPSA) is 79.3 Å². The van der Waals surface area contributed by atoms with Gasteiger partial charge < -0.3 is 15.2 Å². The van der Waals surface area contributed by atoms with Gasteiger partial charge in [0.15, 0.2) is 0 Å². The second-order valence-corrected chi connectivity index (χ2v) is 8.10. The van der Waals surface area contributed by atoms with Crippen molar-refractivity contribution in [1.82, 2.24) is 0 Å². The minimum absolute atomic E-state index is 0.0442. The molecule has 0 amide bonds. The molecule has 0 aliphatic carbocycles. The van der Waals surface area contributed by atoms with Gasteiger partial charge in [-0.2, -0.15) is 5.26 Å². The van der Waals surface area contributed by atoms with E-state index in [9.17, 15) is 4.89 Å². The molecule has 2 aromatic carbocycles. The van der Waals surface area contributed by atoms with Crippen molar-refractivity contribution in [3.63, 3.8) is 0 Å². The lowest BCUT2D eigenvalue weighted by Gasteiger charge is -2.13. The zero-order chi connectivity index (χ0) is 17.3. The summed E-state index contributed by atoms with van der Waals surface area (Å²) in [6.45, 7) is 1.47. The van der Waals surface area contributed by atoms with Crippen LogP contribution in [0.3, 0.4) is 0 Å². The van der Waals surface area contributed by atoms with E-state index in [-0.39, 0.29) is 6.04 Å². The number of nitrogens with two attached hydrogens (primary N) is 1. The summed E-state index contributed by atoms with van der Waals surface area (Å²) < 4.78 is 5.10. The fraction of sp³-hybridized carbons (Fsp3) is 0.235. The fourth-order valence-corrected chi connectivity index (χ4v) is 3.46. The van der Waals surface area contributed by atoms with Crippen molar-refractivity contribution in [2.45, 2.75) is 19.9 Å². The second-order valence-electron chi connectivity index (χ2n) is 4.80. The van der Waals surface area contributed by atoms with E-state index >= 15 is 0 Å². The average molecular weight is 348 g/mol. The molecule has 0 saturated carbocycles. The minimum Gasteiger partial charge on any atom is -0.342 e. The molecule has 3 N–H and O–H groups in total. The molecule has 0 aliphatic heterocycles. The van der Waals surface area contributed by atoms with E-state index in [2.05, 4.69) is 6.07 Å². The van der Waals surface area contributed by atoms with Crippen LogP contribution in [0.4, 0.5) is 0 Å². The monoisotopic (exact) mass is 348 g/mol. The van der Waals surface area contributed by atoms with Gasteiger partial charge in [-0.05, 0) is 55.5 Å². The van der Waals surface area contributed by atoms with Crippen molar-refractivity contribution >= 4 is 23.6 Å². The van der Waals surface area contributed by atoms with Gasteiger partial charge in [-0.3, -0.25) is 0 Å². The van der Waals surface area contributed by atoms with Gasteiger partial charge in [-0.15, -0.1) is 0 Å². The Morgan fingerprint density at radius 1 is 1.22 bits per heavy atom. The number of nitrogens with zero attached hydrogens (tertiary/aromatic N) is 1. The quantitative estimate of drug-likeness (QED) is 0.830. The normalized spacial score (nSPS) is 13.9. The second kappa shape index (κ2) is 9.57. The summed E-state index contributed by atoms with van der Waals surface area (Å²) in [5, 5.41) is 9.20. The van der Waals surface area contributed by atoms with Crippen molar-refractivity contribution in [2.75, 3.05) is 6.61 Å². The molecule has 6 heteroatoms. The molecule has 2 atom stereocenters. The summed E-state index contributed by atoms with van der Waals surface area (Å²) in [7, 11) is 0. The molecule has 0 saturated heterocycles. The Labute approximate surface area is 142 Å². The lowest BCUT2D eigenvalue weighted by molar-refractivity contribution is 0.335.